The van der Waals surface area contributed by atoms with Crippen LogP contribution in [0.15, 0.2) is 24.3 Å². The van der Waals surface area contributed by atoms with Gasteiger partial charge in [-0.3, -0.25) is 0 Å². The first-order valence-corrected chi connectivity index (χ1v) is 8.02. The molecule has 3 aliphatic rings. The minimum Gasteiger partial charge on any atom is -0.487 e. The SMILES string of the molecule is C[C@@H]1C[C@]2(C)Oc3ccccc3[C@@H]3OC[C@@]1(CO)[C@@H](C)[C@H]32. The summed E-state index contributed by atoms with van der Waals surface area (Å²) in [6, 6.07) is 8.26. The van der Waals surface area contributed by atoms with Gasteiger partial charge >= 0.3 is 0 Å². The maximum atomic E-state index is 10.1. The van der Waals surface area contributed by atoms with Crippen molar-refractivity contribution in [3.63, 3.8) is 0 Å². The molecular weight excluding hydrogens is 264 g/mol. The molecule has 0 spiro atoms. The maximum absolute atomic E-state index is 10.1. The molecule has 3 nitrogen and oxygen atoms in total. The van der Waals surface area contributed by atoms with Crippen LogP contribution in [0.4, 0.5) is 0 Å². The Morgan fingerprint density at radius 2 is 2.05 bits per heavy atom. The predicted octanol–water partition coefficient (Wildman–Crippen LogP) is 3.18. The van der Waals surface area contributed by atoms with E-state index < -0.39 is 0 Å². The summed E-state index contributed by atoms with van der Waals surface area (Å²) < 4.78 is 12.7. The minimum atomic E-state index is -0.197. The van der Waals surface area contributed by atoms with Crippen LogP contribution >= 0.6 is 0 Å². The lowest BCUT2D eigenvalue weighted by molar-refractivity contribution is -0.260. The van der Waals surface area contributed by atoms with Gasteiger partial charge in [0.2, 0.25) is 0 Å². The normalized spacial score (nSPS) is 47.4. The Morgan fingerprint density at radius 3 is 2.81 bits per heavy atom. The van der Waals surface area contributed by atoms with E-state index in [0.29, 0.717) is 24.4 Å². The smallest absolute Gasteiger partial charge is 0.125 e. The van der Waals surface area contributed by atoms with E-state index in [1.54, 1.807) is 0 Å². The topological polar surface area (TPSA) is 38.7 Å². The molecule has 0 unspecified atom stereocenters. The quantitative estimate of drug-likeness (QED) is 0.862. The minimum absolute atomic E-state index is 0.0992. The Morgan fingerprint density at radius 1 is 1.29 bits per heavy atom. The highest BCUT2D eigenvalue weighted by Crippen LogP contribution is 2.63. The molecule has 2 heterocycles. The van der Waals surface area contributed by atoms with Gasteiger partial charge in [0.05, 0.1) is 19.3 Å². The first-order valence-electron chi connectivity index (χ1n) is 8.02. The average molecular weight is 288 g/mol. The molecule has 2 fully saturated rings. The zero-order valence-corrected chi connectivity index (χ0v) is 13.0. The number of fused-ring (bicyclic) bond motifs is 3. The maximum Gasteiger partial charge on any atom is 0.125 e. The van der Waals surface area contributed by atoms with Crippen LogP contribution in [-0.4, -0.2) is 23.9 Å². The van der Waals surface area contributed by atoms with Crippen LogP contribution in [0.1, 0.15) is 38.9 Å². The number of aliphatic hydroxyl groups is 1. The summed E-state index contributed by atoms with van der Waals surface area (Å²) >= 11 is 0. The van der Waals surface area contributed by atoms with Gasteiger partial charge in [-0.25, -0.2) is 0 Å². The van der Waals surface area contributed by atoms with Crippen molar-refractivity contribution in [1.82, 2.24) is 0 Å². The van der Waals surface area contributed by atoms with Gasteiger partial charge < -0.3 is 14.6 Å². The second-order valence-electron chi connectivity index (χ2n) is 7.50. The second kappa shape index (κ2) is 4.23. The third-order valence-electron chi connectivity index (χ3n) is 6.56. The Kier molecular flexibility index (Phi) is 2.74. The highest BCUT2D eigenvalue weighted by molar-refractivity contribution is 5.40. The number of aliphatic hydroxyl groups excluding tert-OH is 1. The molecule has 0 amide bonds. The van der Waals surface area contributed by atoms with Crippen LogP contribution in [-0.2, 0) is 4.74 Å². The molecule has 0 aromatic heterocycles. The van der Waals surface area contributed by atoms with Crippen LogP contribution in [0.5, 0.6) is 5.75 Å². The molecular formula is C18H24O3. The highest BCUT2D eigenvalue weighted by atomic mass is 16.5. The number of hydrogen-bond acceptors (Lipinski definition) is 3. The molecule has 3 heteroatoms. The molecule has 0 radical (unpaired) electrons. The van der Waals surface area contributed by atoms with E-state index in [2.05, 4.69) is 39.0 Å². The van der Waals surface area contributed by atoms with Crippen LogP contribution in [0, 0.1) is 23.2 Å². The van der Waals surface area contributed by atoms with E-state index in [0.717, 1.165) is 12.2 Å². The van der Waals surface area contributed by atoms with Gasteiger partial charge in [0, 0.05) is 16.9 Å². The summed E-state index contributed by atoms with van der Waals surface area (Å²) in [6.45, 7) is 7.60. The van der Waals surface area contributed by atoms with Gasteiger partial charge in [-0.2, -0.15) is 0 Å². The molecule has 114 valence electrons. The van der Waals surface area contributed by atoms with Crippen LogP contribution < -0.4 is 4.74 Å². The molecule has 1 aliphatic carbocycles. The van der Waals surface area contributed by atoms with Crippen LogP contribution in [0.2, 0.25) is 0 Å². The molecule has 21 heavy (non-hydrogen) atoms. The van der Waals surface area contributed by atoms with E-state index in [4.69, 9.17) is 9.47 Å². The van der Waals surface area contributed by atoms with Crippen LogP contribution in [0.3, 0.4) is 0 Å². The van der Waals surface area contributed by atoms with Crippen molar-refractivity contribution in [2.45, 2.75) is 38.9 Å². The monoisotopic (exact) mass is 288 g/mol. The second-order valence-corrected chi connectivity index (χ2v) is 7.50. The molecule has 1 aromatic rings. The molecule has 1 aromatic carbocycles. The van der Waals surface area contributed by atoms with Gasteiger partial charge in [0.15, 0.2) is 0 Å². The molecule has 2 bridgehead atoms. The van der Waals surface area contributed by atoms with Crippen molar-refractivity contribution in [1.29, 1.82) is 0 Å². The van der Waals surface area contributed by atoms with E-state index in [-0.39, 0.29) is 23.7 Å². The number of hydrogen-bond donors (Lipinski definition) is 1. The summed E-state index contributed by atoms with van der Waals surface area (Å²) in [7, 11) is 0. The van der Waals surface area contributed by atoms with Gasteiger partial charge in [0.25, 0.3) is 0 Å². The predicted molar refractivity (Wildman–Crippen MR) is 80.1 cm³/mol. The standard InChI is InChI=1S/C18H24O3/c1-11-8-17(3)15-12(2)18(11,9-19)10-20-16(15)13-6-4-5-7-14(13)21-17/h4-7,11-12,15-16,19H,8-10H2,1-3H3/t11-,12+,15-,16+,17+,18-/m1/s1. The Labute approximate surface area is 126 Å². The molecule has 1 saturated heterocycles. The fourth-order valence-corrected chi connectivity index (χ4v) is 5.29. The van der Waals surface area contributed by atoms with E-state index in [9.17, 15) is 5.11 Å². The third kappa shape index (κ3) is 1.56. The summed E-state index contributed by atoms with van der Waals surface area (Å²) in [4.78, 5) is 0. The highest BCUT2D eigenvalue weighted by Gasteiger charge is 2.64. The Balaban J connectivity index is 1.87. The first kappa shape index (κ1) is 13.6. The molecule has 6 atom stereocenters. The zero-order valence-electron chi connectivity index (χ0n) is 13.0. The molecule has 2 aliphatic heterocycles. The van der Waals surface area contributed by atoms with E-state index in [1.165, 1.54) is 5.56 Å². The third-order valence-corrected chi connectivity index (χ3v) is 6.56. The fourth-order valence-electron chi connectivity index (χ4n) is 5.29. The number of benzene rings is 1. The van der Waals surface area contributed by atoms with Crippen molar-refractivity contribution in [3.8, 4) is 5.75 Å². The van der Waals surface area contributed by atoms with Crippen molar-refractivity contribution < 1.29 is 14.6 Å². The van der Waals surface area contributed by atoms with Gasteiger partial charge in [-0.1, -0.05) is 32.0 Å². The van der Waals surface area contributed by atoms with Gasteiger partial charge in [0.1, 0.15) is 11.4 Å². The Bertz CT molecular complexity index is 571. The molecule has 4 rings (SSSR count). The average Bonchev–Trinajstić information content (AvgIpc) is 2.46. The van der Waals surface area contributed by atoms with Gasteiger partial charge in [-0.05, 0) is 31.2 Å². The summed E-state index contributed by atoms with van der Waals surface area (Å²) in [5.41, 5.74) is 0.862. The van der Waals surface area contributed by atoms with Crippen molar-refractivity contribution in [2.24, 2.45) is 23.2 Å². The van der Waals surface area contributed by atoms with E-state index in [1.807, 2.05) is 6.07 Å². The largest absolute Gasteiger partial charge is 0.487 e. The number of para-hydroxylation sites is 1. The van der Waals surface area contributed by atoms with Gasteiger partial charge in [-0.15, -0.1) is 0 Å². The molecule has 1 N–H and O–H groups in total. The Hall–Kier alpha value is -1.06. The molecule has 1 saturated carbocycles. The summed E-state index contributed by atoms with van der Waals surface area (Å²) in [5.74, 6) is 2.07. The lowest BCUT2D eigenvalue weighted by Gasteiger charge is -2.63. The fraction of sp³-hybridized carbons (Fsp3) is 0.667. The van der Waals surface area contributed by atoms with E-state index >= 15 is 0 Å². The number of ether oxygens (including phenoxy) is 2. The zero-order chi connectivity index (χ0) is 14.8. The van der Waals surface area contributed by atoms with Crippen molar-refractivity contribution in [3.05, 3.63) is 29.8 Å². The van der Waals surface area contributed by atoms with Crippen molar-refractivity contribution >= 4 is 0 Å². The van der Waals surface area contributed by atoms with Crippen LogP contribution in [0.25, 0.3) is 0 Å². The number of rotatable bonds is 1. The first-order chi connectivity index (χ1) is 10.0. The summed E-state index contributed by atoms with van der Waals surface area (Å²) in [5, 5.41) is 10.1. The summed E-state index contributed by atoms with van der Waals surface area (Å²) in [6.07, 6.45) is 1.08. The van der Waals surface area contributed by atoms with Crippen molar-refractivity contribution in [2.75, 3.05) is 13.2 Å². The lowest BCUT2D eigenvalue weighted by Crippen LogP contribution is -2.65. The lowest BCUT2D eigenvalue weighted by atomic mass is 9.50.